The van der Waals surface area contributed by atoms with Crippen LogP contribution < -0.4 is 18.9 Å². The fourth-order valence-electron chi connectivity index (χ4n) is 5.78. The van der Waals surface area contributed by atoms with Crippen LogP contribution in [0.15, 0.2) is 136 Å². The minimum atomic E-state index is -0.392. The second-order valence-corrected chi connectivity index (χ2v) is 13.7. The first-order chi connectivity index (χ1) is 29.4. The molecule has 0 unspecified atom stereocenters. The standard InChI is InChI=1S/C47H52N4O9/c1-55-46(53)36-11-15-38(16-12-36)48-50-40-19-23-42(24-20-40)57-27-7-3-5-9-29-59-44-31-35(34-52)32-45(33-44)60-30-10-6-4-8-28-58-43-25-21-41(22-26-43)51-49-39-17-13-37(14-18-39)47(54)56-2/h11-26,31-33,52H,3-10,27-30,34H2,1-2H3. The van der Waals surface area contributed by atoms with E-state index in [4.69, 9.17) is 28.4 Å². The van der Waals surface area contributed by atoms with Crippen LogP contribution in [-0.2, 0) is 16.1 Å². The van der Waals surface area contributed by atoms with Crippen LogP contribution in [0, 0.1) is 0 Å². The first kappa shape index (κ1) is 44.5. The molecular formula is C47H52N4O9. The molecule has 0 aliphatic rings. The van der Waals surface area contributed by atoms with E-state index in [9.17, 15) is 14.7 Å². The second-order valence-electron chi connectivity index (χ2n) is 13.7. The van der Waals surface area contributed by atoms with Crippen LogP contribution in [0.25, 0.3) is 0 Å². The number of aliphatic hydroxyl groups is 1. The van der Waals surface area contributed by atoms with Crippen LogP contribution in [0.3, 0.4) is 0 Å². The summed E-state index contributed by atoms with van der Waals surface area (Å²) in [7, 11) is 2.69. The zero-order valence-corrected chi connectivity index (χ0v) is 34.2. The topological polar surface area (TPSA) is 159 Å². The van der Waals surface area contributed by atoms with Gasteiger partial charge in [-0.2, -0.15) is 20.5 Å². The summed E-state index contributed by atoms with van der Waals surface area (Å²) in [6.07, 6.45) is 7.71. The van der Waals surface area contributed by atoms with Crippen molar-refractivity contribution in [3.8, 4) is 23.0 Å². The van der Waals surface area contributed by atoms with Crippen molar-refractivity contribution in [1.29, 1.82) is 0 Å². The van der Waals surface area contributed by atoms with Gasteiger partial charge in [0, 0.05) is 6.07 Å². The van der Waals surface area contributed by atoms with Gasteiger partial charge in [-0.05, 0) is 166 Å². The highest BCUT2D eigenvalue weighted by atomic mass is 16.5. The molecule has 5 rings (SSSR count). The van der Waals surface area contributed by atoms with E-state index in [1.165, 1.54) is 14.2 Å². The van der Waals surface area contributed by atoms with Crippen LogP contribution >= 0.6 is 0 Å². The Morgan fingerprint density at radius 3 is 1.02 bits per heavy atom. The second kappa shape index (κ2) is 25.0. The molecule has 0 bridgehead atoms. The lowest BCUT2D eigenvalue weighted by molar-refractivity contribution is 0.0592. The summed E-state index contributed by atoms with van der Waals surface area (Å²) >= 11 is 0. The third kappa shape index (κ3) is 15.6. The van der Waals surface area contributed by atoms with Gasteiger partial charge in [-0.25, -0.2) is 9.59 Å². The maximum Gasteiger partial charge on any atom is 0.337 e. The highest BCUT2D eigenvalue weighted by molar-refractivity contribution is 5.90. The number of azo groups is 2. The third-order valence-corrected chi connectivity index (χ3v) is 9.09. The molecule has 0 saturated heterocycles. The molecule has 5 aromatic carbocycles. The summed E-state index contributed by atoms with van der Waals surface area (Å²) in [4.78, 5) is 23.1. The molecule has 0 fully saturated rings. The first-order valence-electron chi connectivity index (χ1n) is 20.1. The molecule has 0 aliphatic heterocycles. The molecule has 0 aliphatic carbocycles. The Balaban J connectivity index is 0.884. The van der Waals surface area contributed by atoms with E-state index in [0.717, 1.165) is 68.4 Å². The highest BCUT2D eigenvalue weighted by Gasteiger charge is 2.07. The summed E-state index contributed by atoms with van der Waals surface area (Å²) in [6, 6.07) is 33.9. The number of hydrogen-bond donors (Lipinski definition) is 1. The van der Waals surface area contributed by atoms with E-state index >= 15 is 0 Å². The number of rotatable bonds is 25. The molecule has 0 aromatic heterocycles. The number of hydrogen-bond acceptors (Lipinski definition) is 13. The van der Waals surface area contributed by atoms with Gasteiger partial charge in [0.15, 0.2) is 0 Å². The number of benzene rings is 5. The Bertz CT molecular complexity index is 1960. The van der Waals surface area contributed by atoms with Crippen molar-refractivity contribution < 1.29 is 43.1 Å². The molecule has 13 heteroatoms. The lowest BCUT2D eigenvalue weighted by Gasteiger charge is -2.12. The van der Waals surface area contributed by atoms with Crippen molar-refractivity contribution in [2.75, 3.05) is 40.6 Å². The maximum absolute atomic E-state index is 11.6. The van der Waals surface area contributed by atoms with Gasteiger partial charge in [0.2, 0.25) is 0 Å². The number of unbranched alkanes of at least 4 members (excludes halogenated alkanes) is 6. The fraction of sp³-hybridized carbons (Fsp3) is 0.319. The van der Waals surface area contributed by atoms with Gasteiger partial charge >= 0.3 is 11.9 Å². The number of aliphatic hydroxyl groups excluding tert-OH is 1. The Morgan fingerprint density at radius 1 is 0.417 bits per heavy atom. The van der Waals surface area contributed by atoms with Gasteiger partial charge in [0.05, 0.1) is 81.1 Å². The van der Waals surface area contributed by atoms with Crippen molar-refractivity contribution in [3.63, 3.8) is 0 Å². The van der Waals surface area contributed by atoms with Gasteiger partial charge in [0.25, 0.3) is 0 Å². The Kier molecular flexibility index (Phi) is 18.5. The van der Waals surface area contributed by atoms with E-state index < -0.39 is 11.9 Å². The predicted octanol–water partition coefficient (Wildman–Crippen LogP) is 11.6. The minimum absolute atomic E-state index is 0.0878. The zero-order valence-electron chi connectivity index (χ0n) is 34.2. The van der Waals surface area contributed by atoms with Crippen molar-refractivity contribution in [3.05, 3.63) is 132 Å². The van der Waals surface area contributed by atoms with Crippen LogP contribution in [0.5, 0.6) is 23.0 Å². The number of carbonyl (C=O) groups is 2. The predicted molar refractivity (Wildman–Crippen MR) is 228 cm³/mol. The summed E-state index contributed by atoms with van der Waals surface area (Å²) in [5.41, 5.74) is 4.34. The fourth-order valence-corrected chi connectivity index (χ4v) is 5.78. The number of esters is 2. The Morgan fingerprint density at radius 2 is 0.717 bits per heavy atom. The normalized spacial score (nSPS) is 11.1. The van der Waals surface area contributed by atoms with Crippen LogP contribution in [0.4, 0.5) is 22.7 Å². The van der Waals surface area contributed by atoms with Crippen LogP contribution in [-0.4, -0.2) is 57.7 Å². The first-order valence-corrected chi connectivity index (χ1v) is 20.1. The lowest BCUT2D eigenvalue weighted by atomic mass is 10.2. The van der Waals surface area contributed by atoms with Crippen molar-refractivity contribution in [2.45, 2.75) is 58.0 Å². The van der Waals surface area contributed by atoms with E-state index in [1.54, 1.807) is 48.5 Å². The number of nitrogens with zero attached hydrogens (tertiary/aromatic N) is 4. The average molecular weight is 817 g/mol. The van der Waals surface area contributed by atoms with Gasteiger partial charge in [0.1, 0.15) is 23.0 Å². The molecule has 0 atom stereocenters. The molecule has 13 nitrogen and oxygen atoms in total. The van der Waals surface area contributed by atoms with E-state index in [0.29, 0.717) is 71.8 Å². The molecule has 5 aromatic rings. The van der Waals surface area contributed by atoms with Gasteiger partial charge in [-0.1, -0.05) is 0 Å². The highest BCUT2D eigenvalue weighted by Crippen LogP contribution is 2.26. The van der Waals surface area contributed by atoms with Crippen LogP contribution in [0.2, 0.25) is 0 Å². The van der Waals surface area contributed by atoms with Gasteiger partial charge in [-0.3, -0.25) is 0 Å². The largest absolute Gasteiger partial charge is 0.494 e. The van der Waals surface area contributed by atoms with Crippen molar-refractivity contribution in [2.24, 2.45) is 20.5 Å². The van der Waals surface area contributed by atoms with E-state index in [1.807, 2.05) is 66.7 Å². The summed E-state index contributed by atoms with van der Waals surface area (Å²) < 4.78 is 33.2. The quantitative estimate of drug-likeness (QED) is 0.0343. The lowest BCUT2D eigenvalue weighted by Crippen LogP contribution is -2.02. The number of methoxy groups -OCH3 is 2. The smallest absolute Gasteiger partial charge is 0.337 e. The Labute approximate surface area is 351 Å². The Hall–Kier alpha value is -6.60. The summed E-state index contributed by atoms with van der Waals surface area (Å²) in [5.74, 6) is 2.15. The summed E-state index contributed by atoms with van der Waals surface area (Å²) in [6.45, 7) is 2.30. The SMILES string of the molecule is COC(=O)c1ccc(N=Nc2ccc(OCCCCCCOc3cc(CO)cc(OCCCCCCOc4ccc(N=Nc5ccc(C(=O)OC)cc5)cc4)c3)cc2)cc1. The van der Waals surface area contributed by atoms with E-state index in [-0.39, 0.29) is 6.61 Å². The number of carbonyl (C=O) groups excluding carboxylic acids is 2. The maximum atomic E-state index is 11.6. The molecule has 0 heterocycles. The van der Waals surface area contributed by atoms with Crippen LogP contribution in [0.1, 0.15) is 77.6 Å². The van der Waals surface area contributed by atoms with Gasteiger partial charge < -0.3 is 33.5 Å². The monoisotopic (exact) mass is 816 g/mol. The minimum Gasteiger partial charge on any atom is -0.494 e. The summed E-state index contributed by atoms with van der Waals surface area (Å²) in [5, 5.41) is 26.7. The van der Waals surface area contributed by atoms with E-state index in [2.05, 4.69) is 20.5 Å². The molecule has 0 radical (unpaired) electrons. The van der Waals surface area contributed by atoms with Gasteiger partial charge in [-0.15, -0.1) is 0 Å². The molecular weight excluding hydrogens is 765 g/mol. The molecule has 0 spiro atoms. The molecule has 0 amide bonds. The molecule has 0 saturated carbocycles. The molecule has 314 valence electrons. The third-order valence-electron chi connectivity index (χ3n) is 9.09. The van der Waals surface area contributed by atoms with Crippen molar-refractivity contribution in [1.82, 2.24) is 0 Å². The average Bonchev–Trinajstić information content (AvgIpc) is 3.29. The number of ether oxygens (including phenoxy) is 6. The van der Waals surface area contributed by atoms with Crippen molar-refractivity contribution >= 4 is 34.7 Å². The zero-order chi connectivity index (χ0) is 42.2. The molecule has 60 heavy (non-hydrogen) atoms. The molecule has 1 N–H and O–H groups in total.